The maximum absolute atomic E-state index is 10.2. The van der Waals surface area contributed by atoms with Crippen molar-refractivity contribution in [3.05, 3.63) is 71.8 Å². The summed E-state index contributed by atoms with van der Waals surface area (Å²) >= 11 is 3.31. The van der Waals surface area contributed by atoms with Crippen LogP contribution in [0.3, 0.4) is 0 Å². The van der Waals surface area contributed by atoms with E-state index in [-0.39, 0.29) is 18.6 Å². The van der Waals surface area contributed by atoms with E-state index >= 15 is 0 Å². The Balaban J connectivity index is 0.000000202. The standard InChI is InChI=1S/2C7H6O2.C6H11BrO2/c2*8-7(9)6-4-2-1-3-5-6;7-2-5-1-6(5,3-8)4-9/h2*1-5H,(H,8,9);5,8-9H,1-4H2. The zero-order valence-corrected chi connectivity index (χ0v) is 16.2. The molecule has 1 atom stereocenters. The van der Waals surface area contributed by atoms with Crippen LogP contribution >= 0.6 is 15.9 Å². The highest BCUT2D eigenvalue weighted by Gasteiger charge is 2.52. The van der Waals surface area contributed by atoms with Crippen molar-refractivity contribution in [3.63, 3.8) is 0 Å². The molecule has 7 heteroatoms. The zero-order chi connectivity index (χ0) is 20.3. The largest absolute Gasteiger partial charge is 0.478 e. The molecule has 2 aromatic carbocycles. The minimum Gasteiger partial charge on any atom is -0.478 e. The number of aromatic carboxylic acids is 2. The average molecular weight is 439 g/mol. The lowest BCUT2D eigenvalue weighted by Crippen LogP contribution is -2.15. The summed E-state index contributed by atoms with van der Waals surface area (Å²) in [5.41, 5.74) is 0.527. The normalized spacial score (nSPS) is 16.0. The first kappa shape index (κ1) is 22.8. The first-order valence-electron chi connectivity index (χ1n) is 8.24. The van der Waals surface area contributed by atoms with Crippen LogP contribution in [0, 0.1) is 11.3 Å². The monoisotopic (exact) mass is 438 g/mol. The summed E-state index contributed by atoms with van der Waals surface area (Å²) in [5.74, 6) is -1.27. The SMILES string of the molecule is O=C(O)c1ccccc1.O=C(O)c1ccccc1.OCC1(CO)CC1CBr. The van der Waals surface area contributed by atoms with Crippen molar-refractivity contribution in [1.82, 2.24) is 0 Å². The van der Waals surface area contributed by atoms with Crippen molar-refractivity contribution in [1.29, 1.82) is 0 Å². The molecule has 1 saturated carbocycles. The van der Waals surface area contributed by atoms with Crippen molar-refractivity contribution >= 4 is 27.9 Å². The Morgan fingerprint density at radius 2 is 1.22 bits per heavy atom. The number of hydrogen-bond acceptors (Lipinski definition) is 4. The molecule has 0 radical (unpaired) electrons. The maximum Gasteiger partial charge on any atom is 0.335 e. The molecule has 6 nitrogen and oxygen atoms in total. The van der Waals surface area contributed by atoms with Crippen LogP contribution in [0.5, 0.6) is 0 Å². The van der Waals surface area contributed by atoms with Crippen LogP contribution in [0.25, 0.3) is 0 Å². The molecule has 0 aromatic heterocycles. The van der Waals surface area contributed by atoms with E-state index in [9.17, 15) is 9.59 Å². The van der Waals surface area contributed by atoms with E-state index in [1.165, 1.54) is 0 Å². The van der Waals surface area contributed by atoms with Crippen LogP contribution in [0.4, 0.5) is 0 Å². The highest BCUT2D eigenvalue weighted by atomic mass is 79.9. The van der Waals surface area contributed by atoms with Gasteiger partial charge in [-0.1, -0.05) is 52.3 Å². The molecule has 0 bridgehead atoms. The van der Waals surface area contributed by atoms with Gasteiger partial charge in [0.25, 0.3) is 0 Å². The number of carboxylic acid groups (broad SMARTS) is 2. The van der Waals surface area contributed by atoms with Gasteiger partial charge in [-0.2, -0.15) is 0 Å². The average Bonchev–Trinajstić information content (AvgIpc) is 3.44. The highest BCUT2D eigenvalue weighted by Crippen LogP contribution is 2.52. The lowest BCUT2D eigenvalue weighted by molar-refractivity contribution is 0.0686. The second-order valence-electron chi connectivity index (χ2n) is 6.08. The number of alkyl halides is 1. The van der Waals surface area contributed by atoms with Crippen molar-refractivity contribution in [2.45, 2.75) is 6.42 Å². The van der Waals surface area contributed by atoms with Gasteiger partial charge in [-0.25, -0.2) is 9.59 Å². The van der Waals surface area contributed by atoms with E-state index in [0.717, 1.165) is 11.8 Å². The minimum atomic E-state index is -0.879. The van der Waals surface area contributed by atoms with E-state index in [4.69, 9.17) is 20.4 Å². The third-order valence-electron chi connectivity index (χ3n) is 4.22. The smallest absolute Gasteiger partial charge is 0.335 e. The first-order chi connectivity index (χ1) is 12.9. The highest BCUT2D eigenvalue weighted by molar-refractivity contribution is 9.09. The summed E-state index contributed by atoms with van der Waals surface area (Å²) in [6.07, 6.45) is 0.964. The number of carboxylic acids is 2. The third kappa shape index (κ3) is 7.50. The van der Waals surface area contributed by atoms with Crippen LogP contribution in [0.1, 0.15) is 27.1 Å². The summed E-state index contributed by atoms with van der Waals surface area (Å²) in [6, 6.07) is 16.6. The number of aliphatic hydroxyl groups is 2. The molecule has 0 spiro atoms. The number of carbonyl (C=O) groups is 2. The molecule has 1 unspecified atom stereocenters. The minimum absolute atomic E-state index is 0.125. The quantitative estimate of drug-likeness (QED) is 0.533. The van der Waals surface area contributed by atoms with Gasteiger partial charge in [0.05, 0.1) is 24.3 Å². The second-order valence-corrected chi connectivity index (χ2v) is 6.72. The number of aliphatic hydroxyl groups excluding tert-OH is 2. The fourth-order valence-corrected chi connectivity index (χ4v) is 3.16. The maximum atomic E-state index is 10.2. The number of hydrogen-bond donors (Lipinski definition) is 4. The number of rotatable bonds is 5. The number of benzene rings is 2. The molecule has 2 aromatic rings. The molecule has 4 N–H and O–H groups in total. The van der Waals surface area contributed by atoms with E-state index in [2.05, 4.69) is 15.9 Å². The summed E-state index contributed by atoms with van der Waals surface area (Å²) in [7, 11) is 0. The fourth-order valence-electron chi connectivity index (χ4n) is 2.25. The predicted molar refractivity (Wildman–Crippen MR) is 105 cm³/mol. The van der Waals surface area contributed by atoms with E-state index < -0.39 is 11.9 Å². The molecule has 146 valence electrons. The molecule has 0 saturated heterocycles. The van der Waals surface area contributed by atoms with Gasteiger partial charge in [-0.05, 0) is 36.6 Å². The van der Waals surface area contributed by atoms with Gasteiger partial charge in [-0.3, -0.25) is 0 Å². The summed E-state index contributed by atoms with van der Waals surface area (Å²) in [5, 5.41) is 35.2. The molecule has 0 heterocycles. The van der Waals surface area contributed by atoms with Crippen molar-refractivity contribution < 1.29 is 30.0 Å². The third-order valence-corrected chi connectivity index (χ3v) is 5.00. The Morgan fingerprint density at radius 1 is 0.852 bits per heavy atom. The number of halogens is 1. The van der Waals surface area contributed by atoms with E-state index in [1.807, 2.05) is 0 Å². The lowest BCUT2D eigenvalue weighted by Gasteiger charge is -2.07. The van der Waals surface area contributed by atoms with E-state index in [0.29, 0.717) is 17.0 Å². The zero-order valence-electron chi connectivity index (χ0n) is 14.7. The van der Waals surface area contributed by atoms with Gasteiger partial charge in [0.2, 0.25) is 0 Å². The van der Waals surface area contributed by atoms with Crippen LogP contribution in [0.15, 0.2) is 60.7 Å². The van der Waals surface area contributed by atoms with Crippen LogP contribution < -0.4 is 0 Å². The first-order valence-corrected chi connectivity index (χ1v) is 9.36. The molecule has 3 rings (SSSR count). The topological polar surface area (TPSA) is 115 Å². The van der Waals surface area contributed by atoms with Gasteiger partial charge in [0.1, 0.15) is 0 Å². The van der Waals surface area contributed by atoms with E-state index in [1.54, 1.807) is 60.7 Å². The van der Waals surface area contributed by atoms with Gasteiger partial charge in [0.15, 0.2) is 0 Å². The molecular weight excluding hydrogens is 416 g/mol. The Hall–Kier alpha value is -2.22. The molecule has 0 aliphatic heterocycles. The van der Waals surface area contributed by atoms with Gasteiger partial charge in [0, 0.05) is 10.7 Å². The van der Waals surface area contributed by atoms with Crippen molar-refractivity contribution in [2.24, 2.45) is 11.3 Å². The Bertz CT molecular complexity index is 651. The molecule has 0 amide bonds. The molecule has 1 aliphatic rings. The van der Waals surface area contributed by atoms with Gasteiger partial charge in [-0.15, -0.1) is 0 Å². The van der Waals surface area contributed by atoms with Gasteiger partial charge >= 0.3 is 11.9 Å². The second kappa shape index (κ2) is 11.5. The van der Waals surface area contributed by atoms with Gasteiger partial charge < -0.3 is 20.4 Å². The molecule has 27 heavy (non-hydrogen) atoms. The Kier molecular flexibility index (Phi) is 9.71. The predicted octanol–water partition coefficient (Wildman–Crippen LogP) is 3.14. The van der Waals surface area contributed by atoms with Crippen molar-refractivity contribution in [3.8, 4) is 0 Å². The lowest BCUT2D eigenvalue weighted by atomic mass is 10.1. The van der Waals surface area contributed by atoms with Crippen LogP contribution in [0.2, 0.25) is 0 Å². The molecular formula is C20H23BrO6. The summed E-state index contributed by atoms with van der Waals surface area (Å²) in [4.78, 5) is 20.4. The fraction of sp³-hybridized carbons (Fsp3) is 0.300. The van der Waals surface area contributed by atoms with Crippen LogP contribution in [-0.2, 0) is 0 Å². The van der Waals surface area contributed by atoms with Crippen LogP contribution in [-0.4, -0.2) is 50.9 Å². The molecule has 1 aliphatic carbocycles. The van der Waals surface area contributed by atoms with Crippen molar-refractivity contribution in [2.75, 3.05) is 18.5 Å². The Morgan fingerprint density at radius 3 is 1.37 bits per heavy atom. The molecule has 1 fully saturated rings. The summed E-state index contributed by atoms with van der Waals surface area (Å²) < 4.78 is 0. The Labute approximate surface area is 166 Å². The summed E-state index contributed by atoms with van der Waals surface area (Å²) in [6.45, 7) is 0.250.